The Morgan fingerprint density at radius 1 is 1.08 bits per heavy atom. The molecule has 1 fully saturated rings. The standard InChI is InChI=1S/C28H30F2N2O4/c1-32(17-23-3-2-4-25(33)31-23)27(35)21-8-5-18(6-9-21)15-19-7-10-22(16-19)26(34)20-11-13-24(14-12-20)36-28(29)30/h2-6,8-9,11-14,19,22,26,28,34H,7,10,15-17H2,1H3,(H,31,33). The SMILES string of the molecule is CN(Cc1cccc(=O)[nH]1)C(=O)c1ccc(CC2CCC(C(O)c3ccc(OC(F)F)cc3)C2)cc1. The highest BCUT2D eigenvalue weighted by Gasteiger charge is 2.30. The summed E-state index contributed by atoms with van der Waals surface area (Å²) in [6.07, 6.45) is 2.97. The lowest BCUT2D eigenvalue weighted by molar-refractivity contribution is -0.0498. The maximum absolute atomic E-state index is 12.8. The number of nitrogens with zero attached hydrogens (tertiary/aromatic N) is 1. The highest BCUT2D eigenvalue weighted by atomic mass is 19.3. The van der Waals surface area contributed by atoms with Gasteiger partial charge in [-0.15, -0.1) is 0 Å². The molecule has 1 amide bonds. The van der Waals surface area contributed by atoms with E-state index in [1.165, 1.54) is 18.2 Å². The molecular formula is C28H30F2N2O4. The van der Waals surface area contributed by atoms with Crippen LogP contribution in [0.4, 0.5) is 8.78 Å². The van der Waals surface area contributed by atoms with Crippen molar-refractivity contribution in [1.29, 1.82) is 0 Å². The van der Waals surface area contributed by atoms with Gasteiger partial charge in [0.05, 0.1) is 12.6 Å². The summed E-state index contributed by atoms with van der Waals surface area (Å²) >= 11 is 0. The largest absolute Gasteiger partial charge is 0.435 e. The van der Waals surface area contributed by atoms with E-state index in [0.29, 0.717) is 29.3 Å². The van der Waals surface area contributed by atoms with Crippen LogP contribution in [0.5, 0.6) is 5.75 Å². The first-order chi connectivity index (χ1) is 17.3. The van der Waals surface area contributed by atoms with E-state index < -0.39 is 12.7 Å². The van der Waals surface area contributed by atoms with Gasteiger partial charge >= 0.3 is 6.61 Å². The van der Waals surface area contributed by atoms with E-state index in [-0.39, 0.29) is 23.1 Å². The van der Waals surface area contributed by atoms with Crippen molar-refractivity contribution in [1.82, 2.24) is 9.88 Å². The fourth-order valence-electron chi connectivity index (χ4n) is 4.95. The molecule has 2 N–H and O–H groups in total. The number of nitrogens with one attached hydrogen (secondary N) is 1. The number of H-pyrrole nitrogens is 1. The number of hydrogen-bond acceptors (Lipinski definition) is 4. The third kappa shape index (κ3) is 6.57. The van der Waals surface area contributed by atoms with E-state index in [1.807, 2.05) is 24.3 Å². The first-order valence-corrected chi connectivity index (χ1v) is 12.0. The van der Waals surface area contributed by atoms with E-state index >= 15 is 0 Å². The van der Waals surface area contributed by atoms with Gasteiger partial charge in [-0.25, -0.2) is 0 Å². The molecule has 0 bridgehead atoms. The zero-order valence-corrected chi connectivity index (χ0v) is 20.1. The van der Waals surface area contributed by atoms with Crippen molar-refractivity contribution in [2.45, 2.75) is 44.9 Å². The number of aromatic nitrogens is 1. The van der Waals surface area contributed by atoms with Crippen LogP contribution in [-0.4, -0.2) is 34.6 Å². The number of amides is 1. The molecule has 3 aromatic rings. The third-order valence-electron chi connectivity index (χ3n) is 6.78. The Balaban J connectivity index is 1.29. The summed E-state index contributed by atoms with van der Waals surface area (Å²) in [6, 6.07) is 18.6. The highest BCUT2D eigenvalue weighted by molar-refractivity contribution is 5.94. The Morgan fingerprint density at radius 3 is 2.47 bits per heavy atom. The zero-order valence-electron chi connectivity index (χ0n) is 20.1. The van der Waals surface area contributed by atoms with Crippen molar-refractivity contribution in [2.75, 3.05) is 7.05 Å². The van der Waals surface area contributed by atoms with Crippen LogP contribution >= 0.6 is 0 Å². The molecule has 3 atom stereocenters. The Hall–Kier alpha value is -3.52. The van der Waals surface area contributed by atoms with Crippen LogP contribution in [0.1, 0.15) is 52.5 Å². The van der Waals surface area contributed by atoms with Crippen molar-refractivity contribution in [3.05, 3.63) is 99.5 Å². The highest BCUT2D eigenvalue weighted by Crippen LogP contribution is 2.40. The molecule has 4 rings (SSSR count). The molecule has 0 spiro atoms. The first kappa shape index (κ1) is 25.6. The van der Waals surface area contributed by atoms with E-state index in [9.17, 15) is 23.5 Å². The molecule has 1 heterocycles. The predicted molar refractivity (Wildman–Crippen MR) is 132 cm³/mol. The van der Waals surface area contributed by atoms with Gasteiger partial charge in [-0.1, -0.05) is 30.3 Å². The minimum Gasteiger partial charge on any atom is -0.435 e. The molecule has 0 saturated heterocycles. The fraction of sp³-hybridized carbons (Fsp3) is 0.357. The molecule has 36 heavy (non-hydrogen) atoms. The van der Waals surface area contributed by atoms with Crippen LogP contribution < -0.4 is 10.3 Å². The summed E-state index contributed by atoms with van der Waals surface area (Å²) in [5.41, 5.74) is 2.89. The maximum Gasteiger partial charge on any atom is 0.387 e. The molecule has 1 aliphatic carbocycles. The predicted octanol–water partition coefficient (Wildman–Crippen LogP) is 4.94. The summed E-state index contributed by atoms with van der Waals surface area (Å²) in [5, 5.41) is 10.8. The van der Waals surface area contributed by atoms with Crippen molar-refractivity contribution in [3.8, 4) is 5.75 Å². The summed E-state index contributed by atoms with van der Waals surface area (Å²) in [6.45, 7) is -2.56. The molecule has 190 valence electrons. The summed E-state index contributed by atoms with van der Waals surface area (Å²) in [4.78, 5) is 28.5. The Bertz CT molecular complexity index is 1210. The smallest absolute Gasteiger partial charge is 0.387 e. The minimum atomic E-state index is -2.87. The number of benzene rings is 2. The average Bonchev–Trinajstić information content (AvgIpc) is 3.32. The normalized spacial score (nSPS) is 18.2. The van der Waals surface area contributed by atoms with Crippen LogP contribution in [-0.2, 0) is 13.0 Å². The number of carbonyl (C=O) groups is 1. The number of hydrogen-bond donors (Lipinski definition) is 2. The lowest BCUT2D eigenvalue weighted by Crippen LogP contribution is -2.27. The number of pyridine rings is 1. The number of alkyl halides is 2. The second-order valence-electron chi connectivity index (χ2n) is 9.43. The average molecular weight is 497 g/mol. The number of aliphatic hydroxyl groups is 1. The number of aliphatic hydroxyl groups excluding tert-OH is 1. The van der Waals surface area contributed by atoms with Crippen molar-refractivity contribution >= 4 is 5.91 Å². The molecule has 6 nitrogen and oxygen atoms in total. The quantitative estimate of drug-likeness (QED) is 0.440. The molecular weight excluding hydrogens is 466 g/mol. The van der Waals surface area contributed by atoms with Gasteiger partial charge in [0.1, 0.15) is 5.75 Å². The van der Waals surface area contributed by atoms with Gasteiger partial charge in [-0.2, -0.15) is 8.78 Å². The van der Waals surface area contributed by atoms with Crippen LogP contribution in [0.3, 0.4) is 0 Å². The number of halogens is 2. The lowest BCUT2D eigenvalue weighted by atomic mass is 9.91. The minimum absolute atomic E-state index is 0.0772. The number of rotatable bonds is 9. The zero-order chi connectivity index (χ0) is 25.7. The number of ether oxygens (including phenoxy) is 1. The van der Waals surface area contributed by atoms with E-state index in [1.54, 1.807) is 36.2 Å². The summed E-state index contributed by atoms with van der Waals surface area (Å²) in [5.74, 6) is 0.481. The summed E-state index contributed by atoms with van der Waals surface area (Å²) in [7, 11) is 1.70. The maximum atomic E-state index is 12.8. The van der Waals surface area contributed by atoms with E-state index in [4.69, 9.17) is 0 Å². The van der Waals surface area contributed by atoms with Crippen LogP contribution in [0.2, 0.25) is 0 Å². The monoisotopic (exact) mass is 496 g/mol. The molecule has 1 aliphatic rings. The van der Waals surface area contributed by atoms with Crippen molar-refractivity contribution in [2.24, 2.45) is 11.8 Å². The second kappa shape index (κ2) is 11.5. The van der Waals surface area contributed by atoms with Crippen LogP contribution in [0.25, 0.3) is 0 Å². The van der Waals surface area contributed by atoms with Gasteiger partial charge in [0, 0.05) is 24.4 Å². The molecule has 1 saturated carbocycles. The first-order valence-electron chi connectivity index (χ1n) is 12.0. The molecule has 1 aromatic heterocycles. The van der Waals surface area contributed by atoms with Gasteiger partial charge in [0.15, 0.2) is 0 Å². The number of aromatic amines is 1. The summed E-state index contributed by atoms with van der Waals surface area (Å²) < 4.78 is 29.0. The Kier molecular flexibility index (Phi) is 8.15. The molecule has 0 radical (unpaired) electrons. The molecule has 8 heteroatoms. The van der Waals surface area contributed by atoms with Crippen molar-refractivity contribution in [3.63, 3.8) is 0 Å². The molecule has 3 unspecified atom stereocenters. The van der Waals surface area contributed by atoms with Gasteiger partial charge in [0.2, 0.25) is 5.56 Å². The van der Waals surface area contributed by atoms with E-state index in [0.717, 1.165) is 31.2 Å². The van der Waals surface area contributed by atoms with Crippen LogP contribution in [0, 0.1) is 11.8 Å². The number of carbonyl (C=O) groups excluding carboxylic acids is 1. The Labute approximate surface area is 208 Å². The topological polar surface area (TPSA) is 82.6 Å². The molecule has 2 aromatic carbocycles. The van der Waals surface area contributed by atoms with Crippen LogP contribution in [0.15, 0.2) is 71.5 Å². The Morgan fingerprint density at radius 2 is 1.81 bits per heavy atom. The van der Waals surface area contributed by atoms with Gasteiger partial charge in [-0.3, -0.25) is 9.59 Å². The second-order valence-corrected chi connectivity index (χ2v) is 9.43. The van der Waals surface area contributed by atoms with Crippen molar-refractivity contribution < 1.29 is 23.4 Å². The fourth-order valence-corrected chi connectivity index (χ4v) is 4.95. The third-order valence-corrected chi connectivity index (χ3v) is 6.78. The van der Waals surface area contributed by atoms with Gasteiger partial charge < -0.3 is 19.7 Å². The lowest BCUT2D eigenvalue weighted by Gasteiger charge is -2.19. The van der Waals surface area contributed by atoms with E-state index in [2.05, 4.69) is 9.72 Å². The van der Waals surface area contributed by atoms with Gasteiger partial charge in [0.25, 0.3) is 5.91 Å². The van der Waals surface area contributed by atoms with Gasteiger partial charge in [-0.05, 0) is 79.0 Å². The molecule has 0 aliphatic heterocycles.